The molecule has 8 heteroatoms. The van der Waals surface area contributed by atoms with Crippen molar-refractivity contribution in [2.24, 2.45) is 0 Å². The molecule has 1 N–H and O–H groups in total. The highest BCUT2D eigenvalue weighted by Gasteiger charge is 2.18. The number of aryl methyl sites for hydroxylation is 1. The molecule has 0 fully saturated rings. The van der Waals surface area contributed by atoms with Crippen LogP contribution in [0.25, 0.3) is 20.7 Å². The van der Waals surface area contributed by atoms with Crippen LogP contribution >= 0.6 is 11.3 Å². The van der Waals surface area contributed by atoms with Crippen LogP contribution in [-0.2, 0) is 16.1 Å². The van der Waals surface area contributed by atoms with Gasteiger partial charge < -0.3 is 9.47 Å². The van der Waals surface area contributed by atoms with Crippen LogP contribution < -0.4 is 16.0 Å². The molecule has 0 spiro atoms. The van der Waals surface area contributed by atoms with Gasteiger partial charge in [-0.2, -0.15) is 0 Å². The molecule has 1 aromatic carbocycles. The number of rotatable bonds is 5. The number of methoxy groups -OCH3 is 1. The third kappa shape index (κ3) is 3.15. The monoisotopic (exact) mass is 374 g/mol. The molecule has 0 aliphatic heterocycles. The number of esters is 1. The van der Waals surface area contributed by atoms with E-state index in [4.69, 9.17) is 9.47 Å². The Kier molecular flexibility index (Phi) is 4.94. The normalized spacial score (nSPS) is 10.9. The topological polar surface area (TPSA) is 90.4 Å². The Labute approximate surface area is 152 Å². The first-order valence-electron chi connectivity index (χ1n) is 8.02. The smallest absolute Gasteiger partial charge is 0.329 e. The summed E-state index contributed by atoms with van der Waals surface area (Å²) in [7, 11) is 1.59. The Morgan fingerprint density at radius 1 is 1.23 bits per heavy atom. The molecule has 0 atom stereocenters. The number of thiophene rings is 1. The number of nitrogens with zero attached hydrogens (tertiary/aromatic N) is 1. The van der Waals surface area contributed by atoms with Crippen molar-refractivity contribution < 1.29 is 14.3 Å². The summed E-state index contributed by atoms with van der Waals surface area (Å²) in [6.07, 6.45) is 0. The quantitative estimate of drug-likeness (QED) is 0.692. The number of H-pyrrole nitrogens is 1. The fourth-order valence-corrected chi connectivity index (χ4v) is 3.94. The predicted octanol–water partition coefficient (Wildman–Crippen LogP) is 2.30. The Hall–Kier alpha value is -2.87. The van der Waals surface area contributed by atoms with E-state index in [-0.39, 0.29) is 6.61 Å². The van der Waals surface area contributed by atoms with E-state index in [2.05, 4.69) is 4.98 Å². The highest BCUT2D eigenvalue weighted by atomic mass is 32.1. The summed E-state index contributed by atoms with van der Waals surface area (Å²) in [5.41, 5.74) is 0.555. The van der Waals surface area contributed by atoms with Crippen LogP contribution in [0.5, 0.6) is 5.75 Å². The van der Waals surface area contributed by atoms with E-state index in [0.717, 1.165) is 26.3 Å². The van der Waals surface area contributed by atoms with Gasteiger partial charge in [0.1, 0.15) is 17.1 Å². The van der Waals surface area contributed by atoms with Crippen LogP contribution in [0, 0.1) is 6.92 Å². The fraction of sp³-hybridized carbons (Fsp3) is 0.278. The van der Waals surface area contributed by atoms with Gasteiger partial charge in [-0.15, -0.1) is 11.3 Å². The third-order valence-electron chi connectivity index (χ3n) is 4.02. The lowest BCUT2D eigenvalue weighted by molar-refractivity contribution is -0.143. The molecule has 26 heavy (non-hydrogen) atoms. The minimum Gasteiger partial charge on any atom is -0.497 e. The van der Waals surface area contributed by atoms with E-state index in [9.17, 15) is 14.4 Å². The number of aromatic amines is 1. The molecular formula is C18H18N2O5S. The van der Waals surface area contributed by atoms with Gasteiger partial charge in [0.25, 0.3) is 5.56 Å². The Morgan fingerprint density at radius 2 is 1.92 bits per heavy atom. The van der Waals surface area contributed by atoms with Gasteiger partial charge in [-0.3, -0.25) is 14.6 Å². The molecule has 7 nitrogen and oxygen atoms in total. The van der Waals surface area contributed by atoms with Crippen molar-refractivity contribution in [2.45, 2.75) is 20.4 Å². The second kappa shape index (κ2) is 7.17. The van der Waals surface area contributed by atoms with Gasteiger partial charge in [-0.05, 0) is 49.2 Å². The molecule has 0 saturated heterocycles. The second-order valence-corrected chi connectivity index (χ2v) is 6.64. The number of nitrogens with one attached hydrogen (secondary N) is 1. The van der Waals surface area contributed by atoms with Crippen LogP contribution in [0.1, 0.15) is 12.5 Å². The molecule has 0 aliphatic carbocycles. The van der Waals surface area contributed by atoms with Crippen molar-refractivity contribution in [3.8, 4) is 16.2 Å². The van der Waals surface area contributed by atoms with E-state index in [1.165, 1.54) is 11.3 Å². The van der Waals surface area contributed by atoms with Crippen molar-refractivity contribution in [1.82, 2.24) is 9.55 Å². The molecule has 136 valence electrons. The van der Waals surface area contributed by atoms with Crippen molar-refractivity contribution in [2.75, 3.05) is 13.7 Å². The highest BCUT2D eigenvalue weighted by molar-refractivity contribution is 7.22. The molecule has 3 rings (SSSR count). The lowest BCUT2D eigenvalue weighted by Gasteiger charge is -2.05. The lowest BCUT2D eigenvalue weighted by Crippen LogP contribution is -2.37. The number of carbonyl (C=O) groups excluding carboxylic acids is 1. The summed E-state index contributed by atoms with van der Waals surface area (Å²) in [6.45, 7) is 3.27. The molecular weight excluding hydrogens is 356 g/mol. The Morgan fingerprint density at radius 3 is 2.54 bits per heavy atom. The molecule has 2 aromatic heterocycles. The lowest BCUT2D eigenvalue weighted by atomic mass is 10.1. The molecule has 0 radical (unpaired) electrons. The van der Waals surface area contributed by atoms with Gasteiger partial charge in [-0.1, -0.05) is 0 Å². The number of aromatic nitrogens is 2. The SMILES string of the molecule is CCOC(=O)Cn1c(=O)[nH]c2sc(-c3ccc(OC)cc3)c(C)c2c1=O. The van der Waals surface area contributed by atoms with Crippen molar-refractivity contribution in [1.29, 1.82) is 0 Å². The van der Waals surface area contributed by atoms with E-state index >= 15 is 0 Å². The fourth-order valence-electron chi connectivity index (χ4n) is 2.75. The average Bonchev–Trinajstić information content (AvgIpc) is 2.95. The molecule has 0 unspecified atom stereocenters. The van der Waals surface area contributed by atoms with Crippen LogP contribution in [0.2, 0.25) is 0 Å². The zero-order valence-electron chi connectivity index (χ0n) is 14.6. The maximum Gasteiger partial charge on any atom is 0.329 e. The van der Waals surface area contributed by atoms with Crippen LogP contribution in [0.4, 0.5) is 0 Å². The highest BCUT2D eigenvalue weighted by Crippen LogP contribution is 2.35. The van der Waals surface area contributed by atoms with Gasteiger partial charge in [0, 0.05) is 4.88 Å². The summed E-state index contributed by atoms with van der Waals surface area (Å²) in [4.78, 5) is 40.7. The van der Waals surface area contributed by atoms with E-state index in [1.807, 2.05) is 31.2 Å². The van der Waals surface area contributed by atoms with E-state index in [0.29, 0.717) is 10.2 Å². The number of ether oxygens (including phenoxy) is 2. The van der Waals surface area contributed by atoms with Crippen LogP contribution in [-0.4, -0.2) is 29.2 Å². The molecule has 2 heterocycles. The number of hydrogen-bond acceptors (Lipinski definition) is 6. The predicted molar refractivity (Wildman–Crippen MR) is 100 cm³/mol. The summed E-state index contributed by atoms with van der Waals surface area (Å²) in [6, 6.07) is 7.46. The zero-order chi connectivity index (χ0) is 18.8. The summed E-state index contributed by atoms with van der Waals surface area (Å²) >= 11 is 1.33. The van der Waals surface area contributed by atoms with Crippen molar-refractivity contribution >= 4 is 27.5 Å². The minimum atomic E-state index is -0.627. The van der Waals surface area contributed by atoms with Gasteiger partial charge in [0.15, 0.2) is 0 Å². The Bertz CT molecular complexity index is 1080. The summed E-state index contributed by atoms with van der Waals surface area (Å²) < 4.78 is 10.9. The standard InChI is InChI=1S/C18H18N2O5S/c1-4-25-13(21)9-20-17(22)14-10(2)15(26-16(14)19-18(20)23)11-5-7-12(24-3)8-6-11/h5-8H,4,9H2,1-3H3,(H,19,23). The molecule has 0 aliphatic rings. The third-order valence-corrected chi connectivity index (χ3v) is 5.27. The van der Waals surface area contributed by atoms with Crippen LogP contribution in [0.3, 0.4) is 0 Å². The molecule has 0 saturated carbocycles. The first kappa shape index (κ1) is 17.9. The van der Waals surface area contributed by atoms with Gasteiger partial charge >= 0.3 is 11.7 Å². The average molecular weight is 374 g/mol. The van der Waals surface area contributed by atoms with Gasteiger partial charge in [0.05, 0.1) is 19.1 Å². The number of benzene rings is 1. The first-order valence-corrected chi connectivity index (χ1v) is 8.84. The number of carbonyl (C=O) groups is 1. The van der Waals surface area contributed by atoms with E-state index < -0.39 is 23.8 Å². The number of fused-ring (bicyclic) bond motifs is 1. The minimum absolute atomic E-state index is 0.187. The van der Waals surface area contributed by atoms with Crippen LogP contribution in [0.15, 0.2) is 33.9 Å². The van der Waals surface area contributed by atoms with Crippen molar-refractivity contribution in [3.63, 3.8) is 0 Å². The van der Waals surface area contributed by atoms with Crippen molar-refractivity contribution in [3.05, 3.63) is 50.7 Å². The molecule has 0 amide bonds. The van der Waals surface area contributed by atoms with Gasteiger partial charge in [-0.25, -0.2) is 9.36 Å². The van der Waals surface area contributed by atoms with Gasteiger partial charge in [0.2, 0.25) is 0 Å². The maximum atomic E-state index is 12.8. The largest absolute Gasteiger partial charge is 0.497 e. The second-order valence-electron chi connectivity index (χ2n) is 5.62. The maximum absolute atomic E-state index is 12.8. The Balaban J connectivity index is 2.14. The first-order chi connectivity index (χ1) is 12.5. The number of hydrogen-bond donors (Lipinski definition) is 1. The molecule has 3 aromatic rings. The summed E-state index contributed by atoms with van der Waals surface area (Å²) in [5.74, 6) is 0.112. The van der Waals surface area contributed by atoms with E-state index in [1.54, 1.807) is 14.0 Å². The summed E-state index contributed by atoms with van der Waals surface area (Å²) in [5, 5.41) is 0.407. The molecule has 0 bridgehead atoms. The zero-order valence-corrected chi connectivity index (χ0v) is 15.4.